The van der Waals surface area contributed by atoms with E-state index in [2.05, 4.69) is 114 Å². The van der Waals surface area contributed by atoms with Gasteiger partial charge in [0.05, 0.1) is 10.8 Å². The summed E-state index contributed by atoms with van der Waals surface area (Å²) in [6, 6.07) is 30.0. The Bertz CT molecular complexity index is 3790. The van der Waals surface area contributed by atoms with E-state index in [9.17, 15) is 4.39 Å². The molecule has 0 spiro atoms. The Kier molecular flexibility index (Phi) is 14.3. The molecule has 14 rings (SSSR count). The van der Waals surface area contributed by atoms with E-state index in [4.69, 9.17) is 22.4 Å². The van der Waals surface area contributed by atoms with Crippen molar-refractivity contribution in [3.05, 3.63) is 160 Å². The monoisotopic (exact) mass is 1090 g/mol. The number of halogens is 1. The standard InChI is InChI=1S/C21H21N5O2.C20H18FN5O2.C19H21N5O/c1-11-10-17-19(23-13(3)24-21(17)27-11)22-12(2)14-4-8-16(9-5-14)20-25-18(26-28-20)15-6-7-15;1-10-9-15-17(24-20(21)25-19(15)27-10)22-11(2)12-3-7-14(8-4-12)18-23-16(26-28-18)13-5-6-13;1-11-10-17(22-13(3)20-11)21-12(2)14-4-8-16(9-5-14)19-23-18(24-25-19)15-6-7-15/h4-5,8-10,12,15H,6-7H2,1-3H3,(H,22,23,24);3-4,7-9,11,13H,5-6H2,1-2H3,(H,22,24,25);4-5,8-10,12,15H,6-7H2,1-3H3,(H,20,21,22). The first-order valence-electron chi connectivity index (χ1n) is 27.3. The third kappa shape index (κ3) is 12.3. The van der Waals surface area contributed by atoms with Crippen molar-refractivity contribution in [2.45, 2.75) is 130 Å². The molecule has 0 bridgehead atoms. The zero-order valence-electron chi connectivity index (χ0n) is 46.2. The van der Waals surface area contributed by atoms with E-state index < -0.39 is 6.08 Å². The minimum Gasteiger partial charge on any atom is -0.443 e. The molecule has 3 aromatic carbocycles. The van der Waals surface area contributed by atoms with Crippen molar-refractivity contribution in [3.63, 3.8) is 0 Å². The molecule has 3 unspecified atom stereocenters. The number of hydrogen-bond acceptors (Lipinski definition) is 20. The van der Waals surface area contributed by atoms with Crippen molar-refractivity contribution in [2.24, 2.45) is 0 Å². The summed E-state index contributed by atoms with van der Waals surface area (Å²) < 4.78 is 40.9. The fourth-order valence-electron chi connectivity index (χ4n) is 9.38. The van der Waals surface area contributed by atoms with Gasteiger partial charge in [-0.3, -0.25) is 0 Å². The third-order valence-corrected chi connectivity index (χ3v) is 14.3. The molecule has 3 N–H and O–H groups in total. The number of anilines is 3. The van der Waals surface area contributed by atoms with Crippen LogP contribution >= 0.6 is 0 Å². The van der Waals surface area contributed by atoms with E-state index in [0.29, 0.717) is 63.9 Å². The largest absolute Gasteiger partial charge is 0.443 e. The van der Waals surface area contributed by atoms with E-state index >= 15 is 0 Å². The van der Waals surface area contributed by atoms with Gasteiger partial charge < -0.3 is 38.4 Å². The van der Waals surface area contributed by atoms with E-state index in [1.807, 2.05) is 95.3 Å². The van der Waals surface area contributed by atoms with Gasteiger partial charge in [0.2, 0.25) is 11.4 Å². The van der Waals surface area contributed by atoms with Gasteiger partial charge in [-0.2, -0.15) is 34.3 Å². The van der Waals surface area contributed by atoms with Crippen LogP contribution in [0.5, 0.6) is 0 Å². The number of benzene rings is 3. The molecule has 21 heteroatoms. The number of rotatable bonds is 15. The Morgan fingerprint density at radius 2 is 0.815 bits per heavy atom. The summed E-state index contributed by atoms with van der Waals surface area (Å²) in [6.45, 7) is 15.6. The molecule has 11 aromatic rings. The predicted octanol–water partition coefficient (Wildman–Crippen LogP) is 13.9. The molecule has 3 aliphatic rings. The predicted molar refractivity (Wildman–Crippen MR) is 301 cm³/mol. The minimum absolute atomic E-state index is 0.0615. The van der Waals surface area contributed by atoms with Crippen molar-refractivity contribution in [3.8, 4) is 34.4 Å². The van der Waals surface area contributed by atoms with Crippen LogP contribution in [0.25, 0.3) is 56.6 Å². The zero-order chi connectivity index (χ0) is 55.9. The maximum absolute atomic E-state index is 13.7. The molecule has 20 nitrogen and oxygen atoms in total. The fourth-order valence-corrected chi connectivity index (χ4v) is 9.38. The van der Waals surface area contributed by atoms with Gasteiger partial charge in [-0.25, -0.2) is 15.0 Å². The Balaban J connectivity index is 0.000000121. The number of furan rings is 2. The molecule has 0 aliphatic heterocycles. The minimum atomic E-state index is -0.824. The number of aromatic nitrogens is 12. The van der Waals surface area contributed by atoms with Crippen LogP contribution < -0.4 is 16.0 Å². The average Bonchev–Trinajstić information content (AvgIpc) is 4.49. The lowest BCUT2D eigenvalue weighted by Crippen LogP contribution is -2.09. The van der Waals surface area contributed by atoms with E-state index in [0.717, 1.165) is 105 Å². The first-order valence-corrected chi connectivity index (χ1v) is 27.3. The second kappa shape index (κ2) is 22.1. The van der Waals surface area contributed by atoms with Crippen LogP contribution in [0, 0.1) is 40.7 Å². The highest BCUT2D eigenvalue weighted by molar-refractivity contribution is 5.87. The van der Waals surface area contributed by atoms with E-state index in [1.165, 1.54) is 18.4 Å². The Morgan fingerprint density at radius 3 is 1.22 bits per heavy atom. The molecule has 3 saturated carbocycles. The van der Waals surface area contributed by atoms with Crippen molar-refractivity contribution >= 4 is 39.7 Å². The molecule has 0 saturated heterocycles. The maximum atomic E-state index is 13.7. The highest BCUT2D eigenvalue weighted by Gasteiger charge is 2.31. The summed E-state index contributed by atoms with van der Waals surface area (Å²) in [6.07, 6.45) is 6.10. The topological polar surface area (TPSA) is 256 Å². The summed E-state index contributed by atoms with van der Waals surface area (Å²) in [5.41, 5.74) is 7.87. The number of nitrogens with zero attached hydrogens (tertiary/aromatic N) is 12. The molecule has 81 heavy (non-hydrogen) atoms. The third-order valence-electron chi connectivity index (χ3n) is 14.3. The highest BCUT2D eigenvalue weighted by atomic mass is 19.1. The van der Waals surface area contributed by atoms with Crippen molar-refractivity contribution in [1.29, 1.82) is 0 Å². The van der Waals surface area contributed by atoms with Crippen LogP contribution in [0.3, 0.4) is 0 Å². The van der Waals surface area contributed by atoms with Gasteiger partial charge >= 0.3 is 6.08 Å². The van der Waals surface area contributed by atoms with Crippen LogP contribution in [0.2, 0.25) is 0 Å². The average molecular weight is 1090 g/mol. The lowest BCUT2D eigenvalue weighted by atomic mass is 10.1. The van der Waals surface area contributed by atoms with Crippen molar-refractivity contribution in [2.75, 3.05) is 16.0 Å². The van der Waals surface area contributed by atoms with Crippen LogP contribution in [0.1, 0.15) is 158 Å². The van der Waals surface area contributed by atoms with Crippen molar-refractivity contribution in [1.82, 2.24) is 60.3 Å². The van der Waals surface area contributed by atoms with Crippen LogP contribution in [-0.2, 0) is 0 Å². The molecule has 412 valence electrons. The Hall–Kier alpha value is -9.27. The molecule has 8 aromatic heterocycles. The van der Waals surface area contributed by atoms with Crippen LogP contribution in [0.4, 0.5) is 21.8 Å². The summed E-state index contributed by atoms with van der Waals surface area (Å²) in [5, 5.41) is 23.9. The van der Waals surface area contributed by atoms with Gasteiger partial charge in [-0.15, -0.1) is 0 Å². The lowest BCUT2D eigenvalue weighted by molar-refractivity contribution is 0.422. The molecular formula is C60H60FN15O5. The van der Waals surface area contributed by atoms with Gasteiger partial charge in [-0.1, -0.05) is 51.9 Å². The quantitative estimate of drug-likeness (QED) is 0.0806. The van der Waals surface area contributed by atoms with Gasteiger partial charge in [0, 0.05) is 64.3 Å². The first-order chi connectivity index (χ1) is 39.2. The fraction of sp³-hybridized carbons (Fsp3) is 0.333. The van der Waals surface area contributed by atoms with E-state index in [-0.39, 0.29) is 23.8 Å². The maximum Gasteiger partial charge on any atom is 0.313 e. The second-order valence-corrected chi connectivity index (χ2v) is 21.2. The van der Waals surface area contributed by atoms with Crippen molar-refractivity contribution < 1.29 is 26.8 Å². The highest BCUT2D eigenvalue weighted by Crippen LogP contribution is 2.41. The molecule has 3 fully saturated rings. The zero-order valence-corrected chi connectivity index (χ0v) is 46.2. The Morgan fingerprint density at radius 1 is 0.432 bits per heavy atom. The first kappa shape index (κ1) is 52.4. The number of nitrogens with one attached hydrogen (secondary N) is 3. The number of aryl methyl sites for hydroxylation is 5. The summed E-state index contributed by atoms with van der Waals surface area (Å²) in [5.74, 6) is 10.5. The second-order valence-electron chi connectivity index (χ2n) is 21.2. The molecule has 3 atom stereocenters. The van der Waals surface area contributed by atoms with Gasteiger partial charge in [0.1, 0.15) is 40.6 Å². The van der Waals surface area contributed by atoms with E-state index in [1.54, 1.807) is 13.0 Å². The number of fused-ring (bicyclic) bond motifs is 2. The summed E-state index contributed by atoms with van der Waals surface area (Å²) in [4.78, 5) is 38.7. The smallest absolute Gasteiger partial charge is 0.313 e. The molecular weight excluding hydrogens is 1030 g/mol. The van der Waals surface area contributed by atoms with Gasteiger partial charge in [0.15, 0.2) is 17.5 Å². The van der Waals surface area contributed by atoms with Gasteiger partial charge in [-0.05, 0) is 159 Å². The van der Waals surface area contributed by atoms with Crippen LogP contribution in [-0.4, -0.2) is 60.3 Å². The normalized spacial score (nSPS) is 15.1. The summed E-state index contributed by atoms with van der Waals surface area (Å²) >= 11 is 0. The molecule has 8 heterocycles. The number of hydrogen-bond donors (Lipinski definition) is 3. The Labute approximate surface area is 465 Å². The molecule has 3 aliphatic carbocycles. The molecule has 0 amide bonds. The molecule has 0 radical (unpaired) electrons. The SMILES string of the molecule is Cc1cc(NC(C)c2ccc(-c3nc(C4CC4)no3)cc2)nc(C)n1.Cc1cc2c(NC(C)c3ccc(-c4nc(C5CC5)no4)cc3)nc(F)nc2o1.Cc1nc(NC(C)c2ccc(-c3nc(C4CC4)no3)cc2)c2cc(C)oc2n1. The lowest BCUT2D eigenvalue weighted by Gasteiger charge is -2.16. The van der Waals surface area contributed by atoms with Crippen LogP contribution in [0.15, 0.2) is 113 Å². The van der Waals surface area contributed by atoms with Gasteiger partial charge in [0.25, 0.3) is 17.7 Å². The summed E-state index contributed by atoms with van der Waals surface area (Å²) in [7, 11) is 0.